The second-order valence-corrected chi connectivity index (χ2v) is 4.89. The van der Waals surface area contributed by atoms with Gasteiger partial charge in [0.1, 0.15) is 23.8 Å². The summed E-state index contributed by atoms with van der Waals surface area (Å²) in [6.45, 7) is 3.02. The van der Waals surface area contributed by atoms with E-state index in [4.69, 9.17) is 19.3 Å². The van der Waals surface area contributed by atoms with Crippen molar-refractivity contribution in [3.05, 3.63) is 27.9 Å². The number of benzene rings is 1. The predicted octanol–water partition coefficient (Wildman–Crippen LogP) is 3.06. The van der Waals surface area contributed by atoms with Crippen LogP contribution in [0, 0.1) is 18.3 Å². The van der Waals surface area contributed by atoms with Gasteiger partial charge in [0.05, 0.1) is 0 Å². The van der Waals surface area contributed by atoms with Gasteiger partial charge in [-0.2, -0.15) is 5.26 Å². The first kappa shape index (κ1) is 12.1. The minimum Gasteiger partial charge on any atom is -0.486 e. The second kappa shape index (κ2) is 4.59. The van der Waals surface area contributed by atoms with Crippen LogP contribution in [-0.2, 0) is 0 Å². The lowest BCUT2D eigenvalue weighted by Crippen LogP contribution is -2.15. The molecule has 96 valence electrons. The number of hydrogen-bond acceptors (Lipinski definition) is 5. The quantitative estimate of drug-likeness (QED) is 0.807. The number of aryl methyl sites for hydroxylation is 1. The Balaban J connectivity index is 2.15. The maximum absolute atomic E-state index is 8.89. The fourth-order valence-corrected chi connectivity index (χ4v) is 2.40. The van der Waals surface area contributed by atoms with Crippen molar-refractivity contribution in [1.29, 1.82) is 5.26 Å². The highest BCUT2D eigenvalue weighted by Crippen LogP contribution is 2.40. The second-order valence-electron chi connectivity index (χ2n) is 4.10. The van der Waals surface area contributed by atoms with E-state index in [1.165, 1.54) is 0 Å². The van der Waals surface area contributed by atoms with Crippen molar-refractivity contribution in [1.82, 2.24) is 5.16 Å². The molecule has 0 bridgehead atoms. The molecule has 0 unspecified atom stereocenters. The molecule has 5 nitrogen and oxygen atoms in total. The minimum absolute atomic E-state index is 0.226. The summed E-state index contributed by atoms with van der Waals surface area (Å²) in [6, 6.07) is 5.70. The third kappa shape index (κ3) is 1.96. The molecule has 1 aliphatic rings. The highest BCUT2D eigenvalue weighted by molar-refractivity contribution is 9.10. The van der Waals surface area contributed by atoms with Gasteiger partial charge in [0.2, 0.25) is 0 Å². The highest BCUT2D eigenvalue weighted by atomic mass is 79.9. The van der Waals surface area contributed by atoms with E-state index in [-0.39, 0.29) is 5.69 Å². The fraction of sp³-hybridized carbons (Fsp3) is 0.231. The summed E-state index contributed by atoms with van der Waals surface area (Å²) in [7, 11) is 0. The molecule has 0 radical (unpaired) electrons. The number of aromatic nitrogens is 1. The molecule has 1 aromatic heterocycles. The van der Waals surface area contributed by atoms with Crippen molar-refractivity contribution >= 4 is 15.9 Å². The van der Waals surface area contributed by atoms with Gasteiger partial charge in [-0.3, -0.25) is 0 Å². The first-order valence-electron chi connectivity index (χ1n) is 5.66. The Labute approximate surface area is 117 Å². The summed E-state index contributed by atoms with van der Waals surface area (Å²) >= 11 is 3.33. The largest absolute Gasteiger partial charge is 0.486 e. The van der Waals surface area contributed by atoms with Gasteiger partial charge in [-0.05, 0) is 40.5 Å². The normalized spacial score (nSPS) is 13.1. The summed E-state index contributed by atoms with van der Waals surface area (Å²) in [5.74, 6) is 1.92. The summed E-state index contributed by atoms with van der Waals surface area (Å²) in [5, 5.41) is 12.6. The average molecular weight is 321 g/mol. The van der Waals surface area contributed by atoms with Crippen LogP contribution >= 0.6 is 15.9 Å². The van der Waals surface area contributed by atoms with Gasteiger partial charge in [0.15, 0.2) is 23.0 Å². The molecule has 2 aromatic rings. The number of ether oxygens (including phenoxy) is 2. The number of halogens is 1. The van der Waals surface area contributed by atoms with Crippen molar-refractivity contribution in [3.8, 4) is 28.9 Å². The van der Waals surface area contributed by atoms with Crippen LogP contribution in [0.25, 0.3) is 11.3 Å². The molecule has 1 aliphatic heterocycles. The molecule has 6 heteroatoms. The topological polar surface area (TPSA) is 68.3 Å². The molecule has 1 aromatic carbocycles. The van der Waals surface area contributed by atoms with Crippen LogP contribution in [0.1, 0.15) is 11.3 Å². The molecule has 0 fully saturated rings. The Morgan fingerprint density at radius 3 is 2.58 bits per heavy atom. The van der Waals surface area contributed by atoms with E-state index >= 15 is 0 Å². The lowest BCUT2D eigenvalue weighted by molar-refractivity contribution is 0.171. The molecule has 0 amide bonds. The molecule has 0 N–H and O–H groups in total. The van der Waals surface area contributed by atoms with Crippen molar-refractivity contribution in [2.45, 2.75) is 6.92 Å². The molecule has 2 heterocycles. The van der Waals surface area contributed by atoms with Crippen LogP contribution in [0.3, 0.4) is 0 Å². The predicted molar refractivity (Wildman–Crippen MR) is 70.1 cm³/mol. The lowest BCUT2D eigenvalue weighted by atomic mass is 10.0. The Morgan fingerprint density at radius 2 is 1.95 bits per heavy atom. The molecule has 3 rings (SSSR count). The Morgan fingerprint density at radius 1 is 1.26 bits per heavy atom. The minimum atomic E-state index is 0.226. The van der Waals surface area contributed by atoms with E-state index in [0.29, 0.717) is 29.2 Å². The molecule has 0 spiro atoms. The molecular formula is C13H9BrN2O3. The Hall–Kier alpha value is -2.00. The summed E-state index contributed by atoms with van der Waals surface area (Å²) in [5.41, 5.74) is 2.01. The maximum Gasteiger partial charge on any atom is 0.198 e. The van der Waals surface area contributed by atoms with E-state index in [1.54, 1.807) is 0 Å². The standard InChI is InChI=1S/C13H9BrN2O3/c1-7-4-10-11(18-3-2-17-10)5-8(7)13-12(14)9(6-15)16-19-13/h4-5H,2-3H2,1H3. The number of nitriles is 1. The van der Waals surface area contributed by atoms with Crippen LogP contribution in [0.4, 0.5) is 0 Å². The van der Waals surface area contributed by atoms with E-state index in [2.05, 4.69) is 21.1 Å². The number of hydrogen-bond donors (Lipinski definition) is 0. The van der Waals surface area contributed by atoms with Gasteiger partial charge in [0, 0.05) is 5.56 Å². The monoisotopic (exact) mass is 320 g/mol. The SMILES string of the molecule is Cc1cc2c(cc1-c1onc(C#N)c1Br)OCCO2. The van der Waals surface area contributed by atoms with Gasteiger partial charge >= 0.3 is 0 Å². The van der Waals surface area contributed by atoms with Gasteiger partial charge in [-0.25, -0.2) is 0 Å². The maximum atomic E-state index is 8.89. The smallest absolute Gasteiger partial charge is 0.198 e. The van der Waals surface area contributed by atoms with Gasteiger partial charge in [-0.15, -0.1) is 0 Å². The number of fused-ring (bicyclic) bond motifs is 1. The first-order chi connectivity index (χ1) is 9.20. The van der Waals surface area contributed by atoms with Crippen LogP contribution < -0.4 is 9.47 Å². The van der Waals surface area contributed by atoms with Crippen LogP contribution in [0.15, 0.2) is 21.1 Å². The third-order valence-corrected chi connectivity index (χ3v) is 3.61. The van der Waals surface area contributed by atoms with Crippen molar-refractivity contribution in [2.75, 3.05) is 13.2 Å². The molecule has 0 saturated carbocycles. The van der Waals surface area contributed by atoms with Crippen molar-refractivity contribution < 1.29 is 14.0 Å². The van der Waals surface area contributed by atoms with E-state index in [1.807, 2.05) is 25.1 Å². The summed E-state index contributed by atoms with van der Waals surface area (Å²) in [6.07, 6.45) is 0. The zero-order valence-electron chi connectivity index (χ0n) is 10.1. The Kier molecular flexibility index (Phi) is 2.91. The molecule has 0 aliphatic carbocycles. The zero-order chi connectivity index (χ0) is 13.4. The first-order valence-corrected chi connectivity index (χ1v) is 6.46. The summed E-state index contributed by atoms with van der Waals surface area (Å²) < 4.78 is 16.8. The van der Waals surface area contributed by atoms with Crippen LogP contribution in [-0.4, -0.2) is 18.4 Å². The Bertz CT molecular complexity index is 688. The molecule has 19 heavy (non-hydrogen) atoms. The van der Waals surface area contributed by atoms with Crippen LogP contribution in [0.5, 0.6) is 11.5 Å². The number of rotatable bonds is 1. The molecule has 0 atom stereocenters. The third-order valence-electron chi connectivity index (χ3n) is 2.88. The van der Waals surface area contributed by atoms with Gasteiger partial charge in [0.25, 0.3) is 0 Å². The van der Waals surface area contributed by atoms with Gasteiger partial charge in [-0.1, -0.05) is 5.16 Å². The zero-order valence-corrected chi connectivity index (χ0v) is 11.7. The van der Waals surface area contributed by atoms with E-state index < -0.39 is 0 Å². The molecule has 0 saturated heterocycles. The summed E-state index contributed by atoms with van der Waals surface area (Å²) in [4.78, 5) is 0. The average Bonchev–Trinajstić information content (AvgIpc) is 2.79. The van der Waals surface area contributed by atoms with E-state index in [9.17, 15) is 0 Å². The number of nitrogens with zero attached hydrogens (tertiary/aromatic N) is 2. The van der Waals surface area contributed by atoms with Gasteiger partial charge < -0.3 is 14.0 Å². The van der Waals surface area contributed by atoms with Crippen molar-refractivity contribution in [3.63, 3.8) is 0 Å². The lowest BCUT2D eigenvalue weighted by Gasteiger charge is -2.19. The molecular weight excluding hydrogens is 312 g/mol. The van der Waals surface area contributed by atoms with E-state index in [0.717, 1.165) is 16.9 Å². The fourth-order valence-electron chi connectivity index (χ4n) is 1.95. The highest BCUT2D eigenvalue weighted by Gasteiger charge is 2.21. The van der Waals surface area contributed by atoms with Crippen LogP contribution in [0.2, 0.25) is 0 Å². The van der Waals surface area contributed by atoms with Crippen molar-refractivity contribution in [2.24, 2.45) is 0 Å².